The van der Waals surface area contributed by atoms with Gasteiger partial charge in [-0.25, -0.2) is 9.78 Å². The van der Waals surface area contributed by atoms with Gasteiger partial charge in [0.2, 0.25) is 0 Å². The molecule has 1 atom stereocenters. The molecule has 0 unspecified atom stereocenters. The van der Waals surface area contributed by atoms with Crippen molar-refractivity contribution in [1.82, 2.24) is 15.0 Å². The van der Waals surface area contributed by atoms with Crippen LogP contribution in [0.25, 0.3) is 10.2 Å². The van der Waals surface area contributed by atoms with Crippen molar-refractivity contribution in [3.05, 3.63) is 46.3 Å². The first-order valence-electron chi connectivity index (χ1n) is 9.04. The highest BCUT2D eigenvalue weighted by atomic mass is 32.1. The number of aryl methyl sites for hydroxylation is 1. The molecule has 3 rings (SSSR count). The van der Waals surface area contributed by atoms with E-state index in [1.807, 2.05) is 45.0 Å². The van der Waals surface area contributed by atoms with Gasteiger partial charge in [-0.2, -0.15) is 0 Å². The molecule has 0 fully saturated rings. The predicted molar refractivity (Wildman–Crippen MR) is 106 cm³/mol. The first kappa shape index (κ1) is 20.0. The maximum absolute atomic E-state index is 12.5. The molecule has 8 heteroatoms. The van der Waals surface area contributed by atoms with Gasteiger partial charge >= 0.3 is 5.97 Å². The second kappa shape index (κ2) is 8.10. The molecule has 0 saturated carbocycles. The average molecular weight is 401 g/mol. The van der Waals surface area contributed by atoms with Crippen molar-refractivity contribution in [3.63, 3.8) is 0 Å². The molecule has 0 aliphatic carbocycles. The van der Waals surface area contributed by atoms with E-state index in [-0.39, 0.29) is 24.5 Å². The minimum atomic E-state index is -0.600. The lowest BCUT2D eigenvalue weighted by molar-refractivity contribution is -0.135. The summed E-state index contributed by atoms with van der Waals surface area (Å²) in [5, 5.41) is 4.67. The first-order valence-corrected chi connectivity index (χ1v) is 9.85. The van der Waals surface area contributed by atoms with Crippen LogP contribution in [0.15, 0.2) is 28.8 Å². The Labute approximate surface area is 167 Å². The van der Waals surface area contributed by atoms with Crippen LogP contribution in [-0.4, -0.2) is 40.6 Å². The molecule has 2 heterocycles. The van der Waals surface area contributed by atoms with Crippen LogP contribution in [0.4, 0.5) is 0 Å². The summed E-state index contributed by atoms with van der Waals surface area (Å²) in [7, 11) is 1.68. The zero-order valence-electron chi connectivity index (χ0n) is 16.6. The number of fused-ring (bicyclic) bond motifs is 1. The van der Waals surface area contributed by atoms with Gasteiger partial charge in [0.15, 0.2) is 12.4 Å². The lowest BCUT2D eigenvalue weighted by atomic mass is 10.1. The van der Waals surface area contributed by atoms with Crippen LogP contribution < -0.4 is 0 Å². The topological polar surface area (TPSA) is 85.5 Å². The third-order valence-corrected chi connectivity index (χ3v) is 5.79. The molecule has 148 valence electrons. The molecule has 1 aromatic carbocycles. The van der Waals surface area contributed by atoms with Crippen molar-refractivity contribution in [2.45, 2.75) is 39.7 Å². The minimum absolute atomic E-state index is 0.0128. The number of rotatable bonds is 6. The van der Waals surface area contributed by atoms with Gasteiger partial charge in [-0.05, 0) is 26.0 Å². The van der Waals surface area contributed by atoms with Crippen LogP contribution in [0.3, 0.4) is 0 Å². The van der Waals surface area contributed by atoms with Gasteiger partial charge in [0.1, 0.15) is 10.6 Å². The molecule has 0 aliphatic heterocycles. The zero-order valence-corrected chi connectivity index (χ0v) is 17.4. The van der Waals surface area contributed by atoms with Gasteiger partial charge in [0.05, 0.1) is 22.0 Å². The Morgan fingerprint density at radius 1 is 1.25 bits per heavy atom. The Morgan fingerprint density at radius 3 is 2.64 bits per heavy atom. The first-order chi connectivity index (χ1) is 13.3. The van der Waals surface area contributed by atoms with E-state index in [1.54, 1.807) is 25.3 Å². The highest BCUT2D eigenvalue weighted by molar-refractivity contribution is 7.18. The summed E-state index contributed by atoms with van der Waals surface area (Å²) >= 11 is 1.55. The summed E-state index contributed by atoms with van der Waals surface area (Å²) in [5.74, 6) is -0.454. The molecule has 0 radical (unpaired) electrons. The van der Waals surface area contributed by atoms with Gasteiger partial charge < -0.3 is 14.2 Å². The molecule has 2 aromatic heterocycles. The van der Waals surface area contributed by atoms with Crippen LogP contribution in [0, 0.1) is 6.92 Å². The molecular weight excluding hydrogens is 378 g/mol. The third kappa shape index (κ3) is 3.91. The molecule has 1 amide bonds. The van der Waals surface area contributed by atoms with E-state index in [1.165, 1.54) is 4.90 Å². The second-order valence-electron chi connectivity index (χ2n) is 6.94. The number of thiazole rings is 1. The average Bonchev–Trinajstić information content (AvgIpc) is 3.28. The molecule has 0 saturated heterocycles. The Bertz CT molecular complexity index is 975. The highest BCUT2D eigenvalue weighted by Gasteiger charge is 2.26. The van der Waals surface area contributed by atoms with Crippen LogP contribution in [0.5, 0.6) is 0 Å². The Morgan fingerprint density at radius 2 is 1.96 bits per heavy atom. The van der Waals surface area contributed by atoms with Crippen LogP contribution in [0.2, 0.25) is 0 Å². The van der Waals surface area contributed by atoms with Crippen molar-refractivity contribution in [2.24, 2.45) is 0 Å². The number of benzene rings is 1. The molecule has 0 aliphatic rings. The molecule has 7 nitrogen and oxygen atoms in total. The number of carbonyl (C=O) groups excluding carboxylic acids is 2. The second-order valence-corrected chi connectivity index (χ2v) is 8.00. The fourth-order valence-corrected chi connectivity index (χ4v) is 3.84. The zero-order chi connectivity index (χ0) is 20.4. The van der Waals surface area contributed by atoms with Crippen LogP contribution in [-0.2, 0) is 9.53 Å². The molecule has 0 spiro atoms. The molecule has 28 heavy (non-hydrogen) atoms. The van der Waals surface area contributed by atoms with E-state index in [0.717, 1.165) is 15.2 Å². The maximum Gasteiger partial charge on any atom is 0.344 e. The smallest absolute Gasteiger partial charge is 0.344 e. The number of ether oxygens (including phenoxy) is 1. The molecular formula is C20H23N3O4S. The standard InChI is InChI=1S/C20H23N3O4S/c1-11(2)18-17(12(3)22-27-18)20(25)26-10-16(24)23(5)13(4)19-21-14-8-6-7-9-15(14)28-19/h6-9,11,13H,10H2,1-5H3/t13-/m0/s1. The Kier molecular flexibility index (Phi) is 5.79. The predicted octanol–water partition coefficient (Wildman–Crippen LogP) is 4.09. The summed E-state index contributed by atoms with van der Waals surface area (Å²) < 4.78 is 11.5. The molecule has 0 N–H and O–H groups in total. The highest BCUT2D eigenvalue weighted by Crippen LogP contribution is 2.29. The number of para-hydroxylation sites is 1. The quantitative estimate of drug-likeness (QED) is 0.578. The fraction of sp³-hybridized carbons (Fsp3) is 0.400. The van der Waals surface area contributed by atoms with Gasteiger partial charge in [-0.3, -0.25) is 4.79 Å². The number of hydrogen-bond donors (Lipinski definition) is 0. The fourth-order valence-electron chi connectivity index (χ4n) is 2.78. The summed E-state index contributed by atoms with van der Waals surface area (Å²) in [6.45, 7) is 7.02. The summed E-state index contributed by atoms with van der Waals surface area (Å²) in [6, 6.07) is 7.61. The van der Waals surface area contributed by atoms with Crippen molar-refractivity contribution in [2.75, 3.05) is 13.7 Å². The number of likely N-dealkylation sites (N-methyl/N-ethyl adjacent to an activating group) is 1. The third-order valence-electron chi connectivity index (χ3n) is 4.59. The molecule has 0 bridgehead atoms. The summed E-state index contributed by atoms with van der Waals surface area (Å²) in [5.41, 5.74) is 1.66. The number of amides is 1. The van der Waals surface area contributed by atoms with Crippen molar-refractivity contribution >= 4 is 33.4 Å². The number of esters is 1. The van der Waals surface area contributed by atoms with E-state index >= 15 is 0 Å². The van der Waals surface area contributed by atoms with Crippen LogP contribution >= 0.6 is 11.3 Å². The Balaban J connectivity index is 1.65. The number of carbonyl (C=O) groups is 2. The van der Waals surface area contributed by atoms with E-state index in [0.29, 0.717) is 17.0 Å². The normalized spacial score (nSPS) is 12.4. The van der Waals surface area contributed by atoms with Gasteiger partial charge in [0.25, 0.3) is 5.91 Å². The largest absolute Gasteiger partial charge is 0.452 e. The van der Waals surface area contributed by atoms with E-state index in [9.17, 15) is 9.59 Å². The van der Waals surface area contributed by atoms with Crippen molar-refractivity contribution in [3.8, 4) is 0 Å². The molecule has 3 aromatic rings. The Hall–Kier alpha value is -2.74. The minimum Gasteiger partial charge on any atom is -0.452 e. The number of nitrogens with zero attached hydrogens (tertiary/aromatic N) is 3. The van der Waals surface area contributed by atoms with Gasteiger partial charge in [-0.1, -0.05) is 31.1 Å². The van der Waals surface area contributed by atoms with E-state index < -0.39 is 5.97 Å². The SMILES string of the molecule is Cc1noc(C(C)C)c1C(=O)OCC(=O)N(C)[C@@H](C)c1nc2ccccc2s1. The maximum atomic E-state index is 12.5. The summed E-state index contributed by atoms with van der Waals surface area (Å²) in [6.07, 6.45) is 0. The van der Waals surface area contributed by atoms with Gasteiger partial charge in [-0.15, -0.1) is 11.3 Å². The van der Waals surface area contributed by atoms with Crippen molar-refractivity contribution < 1.29 is 18.8 Å². The number of hydrogen-bond acceptors (Lipinski definition) is 7. The summed E-state index contributed by atoms with van der Waals surface area (Å²) in [4.78, 5) is 31.1. The van der Waals surface area contributed by atoms with E-state index in [4.69, 9.17) is 9.26 Å². The lowest BCUT2D eigenvalue weighted by Gasteiger charge is -2.23. The van der Waals surface area contributed by atoms with Crippen molar-refractivity contribution in [1.29, 1.82) is 0 Å². The van der Waals surface area contributed by atoms with Gasteiger partial charge in [0, 0.05) is 13.0 Å². The van der Waals surface area contributed by atoms with Crippen LogP contribution in [0.1, 0.15) is 59.6 Å². The lowest BCUT2D eigenvalue weighted by Crippen LogP contribution is -2.33. The monoisotopic (exact) mass is 401 g/mol. The number of aromatic nitrogens is 2. The van der Waals surface area contributed by atoms with E-state index in [2.05, 4.69) is 10.1 Å².